The van der Waals surface area contributed by atoms with Crippen molar-refractivity contribution < 1.29 is 14.3 Å². The maximum atomic E-state index is 13.1. The highest BCUT2D eigenvalue weighted by Gasteiger charge is 2.17. The zero-order valence-electron chi connectivity index (χ0n) is 21.9. The smallest absolute Gasteiger partial charge is 0.316 e. The van der Waals surface area contributed by atoms with E-state index in [-0.39, 0.29) is 23.5 Å². The van der Waals surface area contributed by atoms with Crippen molar-refractivity contribution >= 4 is 28.5 Å². The minimum atomic E-state index is -0.203. The molecule has 1 saturated heterocycles. The van der Waals surface area contributed by atoms with Crippen LogP contribution in [0, 0.1) is 5.92 Å². The quantitative estimate of drug-likeness (QED) is 0.163. The molecule has 0 bridgehead atoms. The molecule has 3 heterocycles. The number of ether oxygens (including phenoxy) is 2. The Kier molecular flexibility index (Phi) is 10.2. The van der Waals surface area contributed by atoms with Gasteiger partial charge in [0.2, 0.25) is 0 Å². The number of benzene rings is 1. The standard InChI is InChI=1S/C28H38N4O4S/c1-3-5-6-9-21(4-2)19-36-27(33)20-37-24-11-12-25-22(16-24)17-29-32(28(25)34)18-23-13-14-31(30-23)26-10-7-8-15-35-26/h11-14,16-17,21,26H,3-10,15,18-20H2,1-2H3. The molecular weight excluding hydrogens is 488 g/mol. The Hall–Kier alpha value is -2.65. The van der Waals surface area contributed by atoms with Crippen LogP contribution in [0.5, 0.6) is 0 Å². The maximum absolute atomic E-state index is 13.1. The molecule has 1 aromatic carbocycles. The Morgan fingerprint density at radius 2 is 2.14 bits per heavy atom. The largest absolute Gasteiger partial charge is 0.465 e. The molecule has 4 rings (SSSR count). The molecule has 0 saturated carbocycles. The van der Waals surface area contributed by atoms with Crippen LogP contribution < -0.4 is 5.56 Å². The van der Waals surface area contributed by atoms with E-state index < -0.39 is 0 Å². The Bertz CT molecular complexity index is 1220. The van der Waals surface area contributed by atoms with E-state index in [4.69, 9.17) is 9.47 Å². The minimum absolute atomic E-state index is 0.0316. The predicted octanol–water partition coefficient (Wildman–Crippen LogP) is 5.58. The number of thioether (sulfide) groups is 1. The van der Waals surface area contributed by atoms with Gasteiger partial charge in [-0.25, -0.2) is 9.36 Å². The fraction of sp³-hybridized carbons (Fsp3) is 0.571. The summed E-state index contributed by atoms with van der Waals surface area (Å²) in [5.41, 5.74) is 0.607. The molecule has 2 atom stereocenters. The van der Waals surface area contributed by atoms with E-state index in [1.807, 2.05) is 29.1 Å². The number of aromatic nitrogens is 4. The monoisotopic (exact) mass is 526 g/mol. The van der Waals surface area contributed by atoms with Crippen LogP contribution >= 0.6 is 11.8 Å². The molecule has 0 radical (unpaired) electrons. The molecule has 1 aliphatic rings. The SMILES string of the molecule is CCCCCC(CC)COC(=O)CSc1ccc2c(=O)n(Cc3ccn(C4CCCCO4)n3)ncc2c1. The fourth-order valence-electron chi connectivity index (χ4n) is 4.56. The van der Waals surface area contributed by atoms with Gasteiger partial charge in [-0.3, -0.25) is 9.59 Å². The van der Waals surface area contributed by atoms with Gasteiger partial charge in [0.25, 0.3) is 5.56 Å². The van der Waals surface area contributed by atoms with Gasteiger partial charge in [-0.2, -0.15) is 10.2 Å². The molecule has 2 aromatic heterocycles. The Morgan fingerprint density at radius 3 is 2.92 bits per heavy atom. The number of carbonyl (C=O) groups is 1. The van der Waals surface area contributed by atoms with E-state index in [0.29, 0.717) is 24.5 Å². The summed E-state index contributed by atoms with van der Waals surface area (Å²) in [6, 6.07) is 7.49. The summed E-state index contributed by atoms with van der Waals surface area (Å²) in [5.74, 6) is 0.476. The van der Waals surface area contributed by atoms with Gasteiger partial charge in [0.15, 0.2) is 0 Å². The normalized spacial score (nSPS) is 16.6. The lowest BCUT2D eigenvalue weighted by atomic mass is 10.00. The van der Waals surface area contributed by atoms with Crippen molar-refractivity contribution in [3.63, 3.8) is 0 Å². The Morgan fingerprint density at radius 1 is 1.24 bits per heavy atom. The number of hydrogen-bond acceptors (Lipinski definition) is 7. The highest BCUT2D eigenvalue weighted by atomic mass is 32.2. The van der Waals surface area contributed by atoms with Crippen LogP contribution in [0.2, 0.25) is 0 Å². The molecule has 0 spiro atoms. The van der Waals surface area contributed by atoms with Crippen LogP contribution in [0.15, 0.2) is 46.3 Å². The van der Waals surface area contributed by atoms with E-state index in [1.165, 1.54) is 35.7 Å². The number of esters is 1. The van der Waals surface area contributed by atoms with Crippen LogP contribution in [-0.2, 0) is 20.8 Å². The first kappa shape index (κ1) is 27.4. The van der Waals surface area contributed by atoms with E-state index in [1.54, 1.807) is 12.3 Å². The molecule has 2 unspecified atom stereocenters. The van der Waals surface area contributed by atoms with Crippen molar-refractivity contribution in [3.8, 4) is 0 Å². The number of hydrogen-bond donors (Lipinski definition) is 0. The van der Waals surface area contributed by atoms with Crippen LogP contribution in [0.4, 0.5) is 0 Å². The van der Waals surface area contributed by atoms with Gasteiger partial charge in [0, 0.05) is 23.1 Å². The topological polar surface area (TPSA) is 88.2 Å². The molecule has 8 nitrogen and oxygen atoms in total. The molecule has 0 amide bonds. The number of unbranched alkanes of at least 4 members (excludes halogenated alkanes) is 2. The van der Waals surface area contributed by atoms with Gasteiger partial charge in [-0.05, 0) is 55.9 Å². The molecule has 1 aliphatic heterocycles. The summed E-state index contributed by atoms with van der Waals surface area (Å²) >= 11 is 1.42. The number of nitrogens with zero attached hydrogens (tertiary/aromatic N) is 4. The third-order valence-corrected chi connectivity index (χ3v) is 7.85. The fourth-order valence-corrected chi connectivity index (χ4v) is 5.30. The zero-order valence-corrected chi connectivity index (χ0v) is 22.8. The van der Waals surface area contributed by atoms with Crippen molar-refractivity contribution in [2.24, 2.45) is 5.92 Å². The summed E-state index contributed by atoms with van der Waals surface area (Å²) in [5, 5.41) is 10.3. The summed E-state index contributed by atoms with van der Waals surface area (Å²) in [6.07, 6.45) is 12.5. The summed E-state index contributed by atoms with van der Waals surface area (Å²) in [7, 11) is 0. The molecule has 1 fully saturated rings. The summed E-state index contributed by atoms with van der Waals surface area (Å²) in [6.45, 7) is 5.89. The van der Waals surface area contributed by atoms with Gasteiger partial charge in [0.1, 0.15) is 6.23 Å². The Labute approximate surface area is 222 Å². The highest BCUT2D eigenvalue weighted by Crippen LogP contribution is 2.23. The molecule has 9 heteroatoms. The second kappa shape index (κ2) is 13.8. The number of rotatable bonds is 13. The molecule has 3 aromatic rings. The third-order valence-electron chi connectivity index (χ3n) is 6.88. The second-order valence-electron chi connectivity index (χ2n) is 9.71. The van der Waals surface area contributed by atoms with Gasteiger partial charge in [-0.1, -0.05) is 39.5 Å². The van der Waals surface area contributed by atoms with Crippen molar-refractivity contribution in [2.75, 3.05) is 19.0 Å². The Balaban J connectivity index is 1.32. The van der Waals surface area contributed by atoms with E-state index in [0.717, 1.165) is 54.7 Å². The maximum Gasteiger partial charge on any atom is 0.316 e. The van der Waals surface area contributed by atoms with E-state index in [2.05, 4.69) is 24.0 Å². The lowest BCUT2D eigenvalue weighted by molar-refractivity contribution is -0.141. The number of carbonyl (C=O) groups excluding carboxylic acids is 1. The molecule has 200 valence electrons. The molecule has 0 N–H and O–H groups in total. The molecular formula is C28H38N4O4S. The highest BCUT2D eigenvalue weighted by molar-refractivity contribution is 8.00. The van der Waals surface area contributed by atoms with Crippen LogP contribution in [0.3, 0.4) is 0 Å². The first-order chi connectivity index (χ1) is 18.1. The lowest BCUT2D eigenvalue weighted by Crippen LogP contribution is -2.24. The third kappa shape index (κ3) is 7.68. The summed E-state index contributed by atoms with van der Waals surface area (Å²) in [4.78, 5) is 26.2. The van der Waals surface area contributed by atoms with Gasteiger partial charge in [-0.15, -0.1) is 11.8 Å². The lowest BCUT2D eigenvalue weighted by Gasteiger charge is -2.22. The van der Waals surface area contributed by atoms with Crippen molar-refractivity contribution in [3.05, 3.63) is 52.7 Å². The van der Waals surface area contributed by atoms with Gasteiger partial charge >= 0.3 is 5.97 Å². The average molecular weight is 527 g/mol. The molecule has 37 heavy (non-hydrogen) atoms. The first-order valence-corrected chi connectivity index (χ1v) is 14.5. The first-order valence-electron chi connectivity index (χ1n) is 13.5. The number of fused-ring (bicyclic) bond motifs is 1. The molecule has 0 aliphatic carbocycles. The predicted molar refractivity (Wildman–Crippen MR) is 146 cm³/mol. The van der Waals surface area contributed by atoms with Crippen molar-refractivity contribution in [2.45, 2.75) is 82.9 Å². The van der Waals surface area contributed by atoms with Crippen LogP contribution in [0.25, 0.3) is 10.8 Å². The van der Waals surface area contributed by atoms with Gasteiger partial charge in [0.05, 0.1) is 36.2 Å². The van der Waals surface area contributed by atoms with Gasteiger partial charge < -0.3 is 9.47 Å². The minimum Gasteiger partial charge on any atom is -0.465 e. The average Bonchev–Trinajstić information content (AvgIpc) is 3.40. The van der Waals surface area contributed by atoms with E-state index >= 15 is 0 Å². The zero-order chi connectivity index (χ0) is 26.0. The van der Waals surface area contributed by atoms with Crippen LogP contribution in [-0.4, -0.2) is 44.5 Å². The van der Waals surface area contributed by atoms with Crippen molar-refractivity contribution in [1.82, 2.24) is 19.6 Å². The van der Waals surface area contributed by atoms with E-state index in [9.17, 15) is 9.59 Å². The van der Waals surface area contributed by atoms with Crippen LogP contribution in [0.1, 0.15) is 77.1 Å². The summed E-state index contributed by atoms with van der Waals surface area (Å²) < 4.78 is 14.6. The second-order valence-corrected chi connectivity index (χ2v) is 10.8. The van der Waals surface area contributed by atoms with Crippen molar-refractivity contribution in [1.29, 1.82) is 0 Å².